The van der Waals surface area contributed by atoms with Crippen LogP contribution >= 0.6 is 12.2 Å². The molecule has 1 aromatic rings. The summed E-state index contributed by atoms with van der Waals surface area (Å²) in [5.41, 5.74) is 5.51. The number of nitrogens with zero attached hydrogens (tertiary/aromatic N) is 2. The first kappa shape index (κ1) is 16.8. The van der Waals surface area contributed by atoms with Crippen molar-refractivity contribution in [1.82, 2.24) is 10.7 Å². The van der Waals surface area contributed by atoms with Crippen molar-refractivity contribution < 1.29 is 0 Å². The molecule has 0 aliphatic heterocycles. The lowest BCUT2D eigenvalue weighted by Gasteiger charge is -2.57. The predicted molar refractivity (Wildman–Crippen MR) is 108 cm³/mol. The van der Waals surface area contributed by atoms with E-state index in [9.17, 15) is 0 Å². The van der Waals surface area contributed by atoms with Crippen molar-refractivity contribution >= 4 is 29.2 Å². The highest BCUT2D eigenvalue weighted by Gasteiger charge is 2.51. The van der Waals surface area contributed by atoms with Gasteiger partial charge in [-0.2, -0.15) is 5.10 Å². The molecule has 5 rings (SSSR count). The first-order valence-corrected chi connectivity index (χ1v) is 9.81. The van der Waals surface area contributed by atoms with Gasteiger partial charge in [0.2, 0.25) is 0 Å². The Kier molecular flexibility index (Phi) is 4.44. The summed E-state index contributed by atoms with van der Waals surface area (Å²) in [5.74, 6) is 2.75. The number of hydrazone groups is 1. The average molecular weight is 357 g/mol. The van der Waals surface area contributed by atoms with Gasteiger partial charge in [0.05, 0.1) is 6.21 Å². The molecular formula is C20H28N4S. The summed E-state index contributed by atoms with van der Waals surface area (Å²) in [4.78, 5) is 2.09. The first-order valence-electron chi connectivity index (χ1n) is 9.40. The van der Waals surface area contributed by atoms with Crippen molar-refractivity contribution in [3.8, 4) is 0 Å². The molecule has 0 aromatic heterocycles. The summed E-state index contributed by atoms with van der Waals surface area (Å²) in [7, 11) is 4.08. The second kappa shape index (κ2) is 6.60. The molecule has 0 saturated heterocycles. The van der Waals surface area contributed by atoms with E-state index in [0.717, 1.165) is 23.3 Å². The van der Waals surface area contributed by atoms with Crippen LogP contribution in [0.25, 0.3) is 0 Å². The summed E-state index contributed by atoms with van der Waals surface area (Å²) in [6, 6.07) is 8.31. The SMILES string of the molecule is CN(C)c1ccc(/C=N\NC(=S)NC23CC4CC(CC(C4)C2)C3)cc1. The standard InChI is InChI=1S/C20H28N4S/c1-24(2)18-5-3-14(4-6-18)13-21-23-19(25)22-20-10-15-7-16(11-20)9-17(8-15)12-20/h3-6,13,15-17H,7-12H2,1-2H3,(H2,22,23,25)/b21-13-. The van der Waals surface area contributed by atoms with E-state index in [-0.39, 0.29) is 5.54 Å². The van der Waals surface area contributed by atoms with E-state index in [2.05, 4.69) is 45.0 Å². The molecule has 134 valence electrons. The molecule has 25 heavy (non-hydrogen) atoms. The number of rotatable bonds is 4. The maximum atomic E-state index is 5.52. The molecule has 0 atom stereocenters. The van der Waals surface area contributed by atoms with Crippen LogP contribution in [-0.4, -0.2) is 31.0 Å². The van der Waals surface area contributed by atoms with Gasteiger partial charge in [-0.05, 0) is 86.2 Å². The van der Waals surface area contributed by atoms with Crippen LogP contribution in [-0.2, 0) is 0 Å². The van der Waals surface area contributed by atoms with E-state index >= 15 is 0 Å². The van der Waals surface area contributed by atoms with Crippen molar-refractivity contribution in [3.05, 3.63) is 29.8 Å². The number of anilines is 1. The van der Waals surface area contributed by atoms with Crippen LogP contribution in [0.15, 0.2) is 29.4 Å². The van der Waals surface area contributed by atoms with Gasteiger partial charge in [-0.25, -0.2) is 0 Å². The van der Waals surface area contributed by atoms with Gasteiger partial charge in [-0.3, -0.25) is 5.43 Å². The maximum absolute atomic E-state index is 5.52. The number of hydrogen-bond donors (Lipinski definition) is 2. The zero-order valence-corrected chi connectivity index (χ0v) is 16.0. The molecule has 0 heterocycles. The Hall–Kier alpha value is -1.62. The molecule has 4 nitrogen and oxygen atoms in total. The van der Waals surface area contributed by atoms with Gasteiger partial charge < -0.3 is 10.2 Å². The van der Waals surface area contributed by atoms with Crippen molar-refractivity contribution in [2.24, 2.45) is 22.9 Å². The Morgan fingerprint density at radius 2 is 1.64 bits per heavy atom. The number of nitrogens with one attached hydrogen (secondary N) is 2. The Bertz CT molecular complexity index is 629. The molecule has 4 aliphatic rings. The van der Waals surface area contributed by atoms with E-state index in [1.807, 2.05) is 20.3 Å². The Morgan fingerprint density at radius 3 is 2.16 bits per heavy atom. The molecule has 2 N–H and O–H groups in total. The molecule has 1 aromatic carbocycles. The molecule has 4 bridgehead atoms. The van der Waals surface area contributed by atoms with Crippen molar-refractivity contribution in [2.45, 2.75) is 44.1 Å². The quantitative estimate of drug-likeness (QED) is 0.492. The third kappa shape index (κ3) is 3.66. The van der Waals surface area contributed by atoms with Gasteiger partial charge in [0.25, 0.3) is 0 Å². The maximum Gasteiger partial charge on any atom is 0.187 e. The monoisotopic (exact) mass is 356 g/mol. The minimum Gasteiger partial charge on any atom is -0.378 e. The molecule has 4 saturated carbocycles. The van der Waals surface area contributed by atoms with Gasteiger partial charge in [0.15, 0.2) is 5.11 Å². The fraction of sp³-hybridized carbons (Fsp3) is 0.600. The lowest BCUT2D eigenvalue weighted by atomic mass is 9.53. The summed E-state index contributed by atoms with van der Waals surface area (Å²) in [6.45, 7) is 0. The first-order chi connectivity index (χ1) is 12.0. The van der Waals surface area contributed by atoms with Crippen LogP contribution in [0.5, 0.6) is 0 Å². The van der Waals surface area contributed by atoms with Crippen LogP contribution in [0, 0.1) is 17.8 Å². The Balaban J connectivity index is 1.32. The van der Waals surface area contributed by atoms with E-state index in [4.69, 9.17) is 12.2 Å². The van der Waals surface area contributed by atoms with Gasteiger partial charge in [-0.15, -0.1) is 0 Å². The molecule has 0 amide bonds. The van der Waals surface area contributed by atoms with Crippen LogP contribution in [0.2, 0.25) is 0 Å². The normalized spacial score (nSPS) is 32.8. The predicted octanol–water partition coefficient (Wildman–Crippen LogP) is 3.52. The van der Waals surface area contributed by atoms with Crippen LogP contribution in [0.4, 0.5) is 5.69 Å². The van der Waals surface area contributed by atoms with E-state index in [1.165, 1.54) is 44.2 Å². The number of hydrogen-bond acceptors (Lipinski definition) is 3. The molecule has 0 radical (unpaired) electrons. The number of thiocarbonyl (C=S) groups is 1. The average Bonchev–Trinajstić information content (AvgIpc) is 2.53. The van der Waals surface area contributed by atoms with E-state index in [0.29, 0.717) is 5.11 Å². The van der Waals surface area contributed by atoms with E-state index < -0.39 is 0 Å². The van der Waals surface area contributed by atoms with Crippen molar-refractivity contribution in [1.29, 1.82) is 0 Å². The lowest BCUT2D eigenvalue weighted by molar-refractivity contribution is -0.0101. The smallest absolute Gasteiger partial charge is 0.187 e. The van der Waals surface area contributed by atoms with Crippen molar-refractivity contribution in [2.75, 3.05) is 19.0 Å². The fourth-order valence-corrected chi connectivity index (χ4v) is 5.83. The molecule has 0 unspecified atom stereocenters. The van der Waals surface area contributed by atoms with Gasteiger partial charge in [0.1, 0.15) is 0 Å². The summed E-state index contributed by atoms with van der Waals surface area (Å²) in [6.07, 6.45) is 10.0. The topological polar surface area (TPSA) is 39.7 Å². The summed E-state index contributed by atoms with van der Waals surface area (Å²) < 4.78 is 0. The minimum atomic E-state index is 0.238. The Morgan fingerprint density at radius 1 is 1.08 bits per heavy atom. The second-order valence-corrected chi connectivity index (χ2v) is 8.92. The number of benzene rings is 1. The van der Waals surface area contributed by atoms with Crippen LogP contribution in [0.1, 0.15) is 44.1 Å². The molecular weight excluding hydrogens is 328 g/mol. The zero-order chi connectivity index (χ0) is 17.4. The highest BCUT2D eigenvalue weighted by atomic mass is 32.1. The molecule has 0 spiro atoms. The minimum absolute atomic E-state index is 0.238. The highest BCUT2D eigenvalue weighted by molar-refractivity contribution is 7.80. The lowest BCUT2D eigenvalue weighted by Crippen LogP contribution is -2.61. The molecule has 5 heteroatoms. The van der Waals surface area contributed by atoms with E-state index in [1.54, 1.807) is 0 Å². The van der Waals surface area contributed by atoms with Gasteiger partial charge in [0, 0.05) is 25.3 Å². The van der Waals surface area contributed by atoms with Crippen LogP contribution in [0.3, 0.4) is 0 Å². The second-order valence-electron chi connectivity index (χ2n) is 8.51. The Labute approximate surface area is 156 Å². The fourth-order valence-electron chi connectivity index (χ4n) is 5.56. The summed E-state index contributed by atoms with van der Waals surface area (Å²) >= 11 is 5.52. The molecule has 4 aliphatic carbocycles. The van der Waals surface area contributed by atoms with Crippen molar-refractivity contribution in [3.63, 3.8) is 0 Å². The molecule has 4 fully saturated rings. The largest absolute Gasteiger partial charge is 0.378 e. The van der Waals surface area contributed by atoms with Crippen LogP contribution < -0.4 is 15.6 Å². The third-order valence-electron chi connectivity index (χ3n) is 6.21. The van der Waals surface area contributed by atoms with Gasteiger partial charge >= 0.3 is 0 Å². The summed E-state index contributed by atoms with van der Waals surface area (Å²) in [5, 5.41) is 8.63. The van der Waals surface area contributed by atoms with Gasteiger partial charge in [-0.1, -0.05) is 12.1 Å². The highest BCUT2D eigenvalue weighted by Crippen LogP contribution is 2.55. The zero-order valence-electron chi connectivity index (χ0n) is 15.2. The third-order valence-corrected chi connectivity index (χ3v) is 6.40.